The van der Waals surface area contributed by atoms with Gasteiger partial charge in [-0.15, -0.1) is 0 Å². The highest BCUT2D eigenvalue weighted by Crippen LogP contribution is 2.30. The highest BCUT2D eigenvalue weighted by atomic mass is 15.2. The van der Waals surface area contributed by atoms with Crippen molar-refractivity contribution in [2.75, 3.05) is 29.9 Å². The van der Waals surface area contributed by atoms with Crippen molar-refractivity contribution >= 4 is 11.6 Å². The average Bonchev–Trinajstić information content (AvgIpc) is 3.04. The molecular formula is C17H22N4. The van der Waals surface area contributed by atoms with Gasteiger partial charge in [-0.25, -0.2) is 9.97 Å². The first kappa shape index (κ1) is 13.9. The topological polar surface area (TPSA) is 41.0 Å². The summed E-state index contributed by atoms with van der Waals surface area (Å²) >= 11 is 0. The normalized spacial score (nSPS) is 18.0. The van der Waals surface area contributed by atoms with E-state index in [0.29, 0.717) is 5.92 Å². The van der Waals surface area contributed by atoms with Gasteiger partial charge in [-0.05, 0) is 18.4 Å². The van der Waals surface area contributed by atoms with Gasteiger partial charge >= 0.3 is 0 Å². The minimum Gasteiger partial charge on any atom is -0.370 e. The fraction of sp³-hybridized carbons (Fsp3) is 0.412. The van der Waals surface area contributed by atoms with Gasteiger partial charge in [0.05, 0.1) is 0 Å². The molecule has 1 aliphatic rings. The van der Waals surface area contributed by atoms with E-state index < -0.39 is 0 Å². The van der Waals surface area contributed by atoms with Crippen molar-refractivity contribution in [3.63, 3.8) is 0 Å². The first-order valence-corrected chi connectivity index (χ1v) is 7.72. The summed E-state index contributed by atoms with van der Waals surface area (Å²) in [7, 11) is 0. The van der Waals surface area contributed by atoms with Crippen molar-refractivity contribution in [3.8, 4) is 0 Å². The van der Waals surface area contributed by atoms with Crippen LogP contribution in [0.2, 0.25) is 0 Å². The molecule has 1 aromatic heterocycles. The standard InChI is InChI=1S/C17H22N4/c1-2-9-18-16-11-17(20-13-19-16)21-10-8-15(12-21)14-6-4-3-5-7-14/h3-7,11,13,15H,2,8-10,12H2,1H3,(H,18,19,20). The summed E-state index contributed by atoms with van der Waals surface area (Å²) in [6.45, 7) is 5.20. The Kier molecular flexibility index (Phi) is 4.34. The van der Waals surface area contributed by atoms with E-state index in [0.717, 1.165) is 37.7 Å². The number of hydrogen-bond acceptors (Lipinski definition) is 4. The van der Waals surface area contributed by atoms with Crippen molar-refractivity contribution < 1.29 is 0 Å². The molecule has 1 N–H and O–H groups in total. The second-order valence-electron chi connectivity index (χ2n) is 5.53. The minimum absolute atomic E-state index is 0.605. The van der Waals surface area contributed by atoms with E-state index in [1.807, 2.05) is 0 Å². The van der Waals surface area contributed by atoms with Gasteiger partial charge in [-0.3, -0.25) is 0 Å². The first-order valence-electron chi connectivity index (χ1n) is 7.72. The van der Waals surface area contributed by atoms with E-state index in [4.69, 9.17) is 0 Å². The molecule has 0 saturated carbocycles. The SMILES string of the molecule is CCCNc1cc(N2CCC(c3ccccc3)C2)ncn1. The van der Waals surface area contributed by atoms with Crippen LogP contribution >= 0.6 is 0 Å². The van der Waals surface area contributed by atoms with Gasteiger partial charge in [0.15, 0.2) is 0 Å². The fourth-order valence-electron chi connectivity index (χ4n) is 2.84. The van der Waals surface area contributed by atoms with Crippen LogP contribution in [-0.2, 0) is 0 Å². The second-order valence-corrected chi connectivity index (χ2v) is 5.53. The van der Waals surface area contributed by atoms with Crippen LogP contribution in [-0.4, -0.2) is 29.6 Å². The Labute approximate surface area is 126 Å². The van der Waals surface area contributed by atoms with E-state index in [-0.39, 0.29) is 0 Å². The maximum atomic E-state index is 4.43. The third-order valence-corrected chi connectivity index (χ3v) is 3.99. The summed E-state index contributed by atoms with van der Waals surface area (Å²) in [6, 6.07) is 12.8. The molecule has 0 radical (unpaired) electrons. The molecule has 1 atom stereocenters. The van der Waals surface area contributed by atoms with Gasteiger partial charge in [0.1, 0.15) is 18.0 Å². The Morgan fingerprint density at radius 1 is 1.24 bits per heavy atom. The molecule has 2 heterocycles. The van der Waals surface area contributed by atoms with Crippen molar-refractivity contribution in [3.05, 3.63) is 48.3 Å². The van der Waals surface area contributed by atoms with Gasteiger partial charge in [0.2, 0.25) is 0 Å². The summed E-state index contributed by atoms with van der Waals surface area (Å²) in [5.74, 6) is 2.56. The zero-order valence-electron chi connectivity index (χ0n) is 12.5. The second kappa shape index (κ2) is 6.57. The Morgan fingerprint density at radius 2 is 2.10 bits per heavy atom. The summed E-state index contributed by atoms with van der Waals surface area (Å²) in [6.07, 6.45) is 3.94. The zero-order valence-corrected chi connectivity index (χ0v) is 12.5. The van der Waals surface area contributed by atoms with Gasteiger partial charge in [-0.1, -0.05) is 37.3 Å². The highest BCUT2D eigenvalue weighted by Gasteiger charge is 2.24. The van der Waals surface area contributed by atoms with Crippen LogP contribution in [0.1, 0.15) is 31.2 Å². The predicted octanol–water partition coefficient (Wildman–Crippen LogP) is 3.29. The molecular weight excluding hydrogens is 260 g/mol. The molecule has 1 saturated heterocycles. The van der Waals surface area contributed by atoms with Crippen LogP contribution in [0.25, 0.3) is 0 Å². The molecule has 4 nitrogen and oxygen atoms in total. The van der Waals surface area contributed by atoms with Crippen LogP contribution in [0.5, 0.6) is 0 Å². The number of anilines is 2. The molecule has 1 aromatic carbocycles. The lowest BCUT2D eigenvalue weighted by atomic mass is 9.99. The molecule has 21 heavy (non-hydrogen) atoms. The minimum atomic E-state index is 0.605. The van der Waals surface area contributed by atoms with Gasteiger partial charge < -0.3 is 10.2 Å². The molecule has 0 amide bonds. The lowest BCUT2D eigenvalue weighted by Crippen LogP contribution is -2.20. The smallest absolute Gasteiger partial charge is 0.134 e. The zero-order chi connectivity index (χ0) is 14.5. The predicted molar refractivity (Wildman–Crippen MR) is 86.8 cm³/mol. The number of aromatic nitrogens is 2. The van der Waals surface area contributed by atoms with E-state index >= 15 is 0 Å². The Hall–Kier alpha value is -2.10. The van der Waals surface area contributed by atoms with Gasteiger partial charge in [-0.2, -0.15) is 0 Å². The largest absolute Gasteiger partial charge is 0.370 e. The van der Waals surface area contributed by atoms with E-state index in [9.17, 15) is 0 Å². The molecule has 1 unspecified atom stereocenters. The quantitative estimate of drug-likeness (QED) is 0.913. The molecule has 0 aliphatic carbocycles. The third-order valence-electron chi connectivity index (χ3n) is 3.99. The average molecular weight is 282 g/mol. The van der Waals surface area contributed by atoms with Gasteiger partial charge in [0, 0.05) is 31.6 Å². The Bertz CT molecular complexity index is 570. The van der Waals surface area contributed by atoms with Crippen LogP contribution < -0.4 is 10.2 Å². The van der Waals surface area contributed by atoms with E-state index in [1.54, 1.807) is 6.33 Å². The molecule has 0 spiro atoms. The number of hydrogen-bond donors (Lipinski definition) is 1. The van der Waals surface area contributed by atoms with Crippen molar-refractivity contribution in [2.45, 2.75) is 25.7 Å². The third kappa shape index (κ3) is 3.32. The van der Waals surface area contributed by atoms with Gasteiger partial charge in [0.25, 0.3) is 0 Å². The van der Waals surface area contributed by atoms with Crippen LogP contribution in [0.3, 0.4) is 0 Å². The molecule has 110 valence electrons. The molecule has 1 fully saturated rings. The molecule has 2 aromatic rings. The maximum absolute atomic E-state index is 4.43. The molecule has 0 bridgehead atoms. The number of benzene rings is 1. The summed E-state index contributed by atoms with van der Waals surface area (Å²) in [5.41, 5.74) is 1.43. The van der Waals surface area contributed by atoms with Crippen LogP contribution in [0.15, 0.2) is 42.7 Å². The first-order chi connectivity index (χ1) is 10.4. The number of rotatable bonds is 5. The monoisotopic (exact) mass is 282 g/mol. The van der Waals surface area contributed by atoms with E-state index in [1.165, 1.54) is 12.0 Å². The van der Waals surface area contributed by atoms with Crippen molar-refractivity contribution in [1.29, 1.82) is 0 Å². The summed E-state index contributed by atoms with van der Waals surface area (Å²) in [4.78, 5) is 11.1. The van der Waals surface area contributed by atoms with Crippen LogP contribution in [0, 0.1) is 0 Å². The highest BCUT2D eigenvalue weighted by molar-refractivity contribution is 5.49. The molecule has 1 aliphatic heterocycles. The Balaban J connectivity index is 1.68. The summed E-state index contributed by atoms with van der Waals surface area (Å²) in [5, 5.41) is 3.32. The molecule has 4 heteroatoms. The number of nitrogens with zero attached hydrogens (tertiary/aromatic N) is 3. The maximum Gasteiger partial charge on any atom is 0.134 e. The van der Waals surface area contributed by atoms with E-state index in [2.05, 4.69) is 63.5 Å². The Morgan fingerprint density at radius 3 is 2.90 bits per heavy atom. The van der Waals surface area contributed by atoms with Crippen molar-refractivity contribution in [1.82, 2.24) is 9.97 Å². The van der Waals surface area contributed by atoms with Crippen LogP contribution in [0.4, 0.5) is 11.6 Å². The summed E-state index contributed by atoms with van der Waals surface area (Å²) < 4.78 is 0. The molecule has 3 rings (SSSR count). The lowest BCUT2D eigenvalue weighted by Gasteiger charge is -2.18. The lowest BCUT2D eigenvalue weighted by molar-refractivity contribution is 0.774. The number of nitrogens with one attached hydrogen (secondary N) is 1. The van der Waals surface area contributed by atoms with Crippen molar-refractivity contribution in [2.24, 2.45) is 0 Å². The fourth-order valence-corrected chi connectivity index (χ4v) is 2.84.